The Bertz CT molecular complexity index is 475. The maximum atomic E-state index is 11.7. The van der Waals surface area contributed by atoms with Crippen LogP contribution < -0.4 is 5.32 Å². The van der Waals surface area contributed by atoms with Gasteiger partial charge < -0.3 is 10.1 Å². The smallest absolute Gasteiger partial charge is 0.246 e. The number of amides is 1. The second-order valence-electron chi connectivity index (χ2n) is 4.12. The second kappa shape index (κ2) is 6.66. The van der Waals surface area contributed by atoms with Crippen molar-refractivity contribution in [3.63, 3.8) is 0 Å². The van der Waals surface area contributed by atoms with Crippen LogP contribution in [0.3, 0.4) is 0 Å². The van der Waals surface area contributed by atoms with Gasteiger partial charge in [-0.25, -0.2) is 0 Å². The fraction of sp³-hybridized carbons (Fsp3) is 0.200. The van der Waals surface area contributed by atoms with Gasteiger partial charge in [-0.15, -0.1) is 0 Å². The van der Waals surface area contributed by atoms with Gasteiger partial charge in [-0.1, -0.05) is 30.3 Å². The van der Waals surface area contributed by atoms with Crippen LogP contribution in [0, 0.1) is 0 Å². The summed E-state index contributed by atoms with van der Waals surface area (Å²) in [5.74, 6) is -0.145. The number of pyridine rings is 1. The monoisotopic (exact) mass is 256 g/mol. The molecule has 1 aromatic heterocycles. The van der Waals surface area contributed by atoms with Crippen LogP contribution in [0.25, 0.3) is 0 Å². The number of hydrogen-bond donors (Lipinski definition) is 1. The van der Waals surface area contributed by atoms with Gasteiger partial charge in [0, 0.05) is 19.5 Å². The van der Waals surface area contributed by atoms with Gasteiger partial charge in [-0.3, -0.25) is 9.78 Å². The lowest BCUT2D eigenvalue weighted by atomic mass is 10.00. The maximum absolute atomic E-state index is 11.7. The SMILES string of the molecule is COCC(=O)NC(c1ccccc1)c1ccncc1. The Kier molecular flexibility index (Phi) is 4.64. The number of carbonyl (C=O) groups is 1. The molecule has 0 aliphatic heterocycles. The van der Waals surface area contributed by atoms with Crippen molar-refractivity contribution in [1.82, 2.24) is 10.3 Å². The number of carbonyl (C=O) groups excluding carboxylic acids is 1. The first-order chi connectivity index (χ1) is 9.31. The van der Waals surface area contributed by atoms with Gasteiger partial charge >= 0.3 is 0 Å². The largest absolute Gasteiger partial charge is 0.375 e. The summed E-state index contributed by atoms with van der Waals surface area (Å²) in [5.41, 5.74) is 2.02. The van der Waals surface area contributed by atoms with E-state index in [2.05, 4.69) is 10.3 Å². The molecule has 4 heteroatoms. The average Bonchev–Trinajstić information content (AvgIpc) is 2.47. The summed E-state index contributed by atoms with van der Waals surface area (Å²) in [6.07, 6.45) is 3.43. The summed E-state index contributed by atoms with van der Waals surface area (Å²) in [7, 11) is 1.50. The number of methoxy groups -OCH3 is 1. The minimum atomic E-state index is -0.188. The highest BCUT2D eigenvalue weighted by Crippen LogP contribution is 2.21. The average molecular weight is 256 g/mol. The van der Waals surface area contributed by atoms with Crippen LogP contribution in [0.4, 0.5) is 0 Å². The summed E-state index contributed by atoms with van der Waals surface area (Å²) in [6.45, 7) is 0.0500. The lowest BCUT2D eigenvalue weighted by Crippen LogP contribution is -2.32. The third kappa shape index (κ3) is 3.63. The highest BCUT2D eigenvalue weighted by atomic mass is 16.5. The quantitative estimate of drug-likeness (QED) is 0.889. The first kappa shape index (κ1) is 13.2. The molecule has 2 rings (SSSR count). The second-order valence-corrected chi connectivity index (χ2v) is 4.12. The molecule has 19 heavy (non-hydrogen) atoms. The topological polar surface area (TPSA) is 51.2 Å². The first-order valence-corrected chi connectivity index (χ1v) is 6.04. The zero-order valence-electron chi connectivity index (χ0n) is 10.7. The molecule has 2 aromatic rings. The summed E-state index contributed by atoms with van der Waals surface area (Å²) in [4.78, 5) is 15.7. The molecule has 0 fully saturated rings. The molecule has 0 spiro atoms. The van der Waals surface area contributed by atoms with E-state index < -0.39 is 0 Å². The van der Waals surface area contributed by atoms with Crippen molar-refractivity contribution in [2.75, 3.05) is 13.7 Å². The van der Waals surface area contributed by atoms with Crippen molar-refractivity contribution in [3.05, 3.63) is 66.0 Å². The third-order valence-corrected chi connectivity index (χ3v) is 2.75. The minimum absolute atomic E-state index is 0.0500. The van der Waals surface area contributed by atoms with Crippen molar-refractivity contribution in [1.29, 1.82) is 0 Å². The number of rotatable bonds is 5. The van der Waals surface area contributed by atoms with Crippen LogP contribution in [0.5, 0.6) is 0 Å². The van der Waals surface area contributed by atoms with E-state index in [0.29, 0.717) is 0 Å². The minimum Gasteiger partial charge on any atom is -0.375 e. The fourth-order valence-corrected chi connectivity index (χ4v) is 1.89. The van der Waals surface area contributed by atoms with Gasteiger partial charge in [0.1, 0.15) is 6.61 Å². The number of nitrogens with one attached hydrogen (secondary N) is 1. The summed E-state index contributed by atoms with van der Waals surface area (Å²) in [5, 5.41) is 2.96. The molecule has 0 saturated carbocycles. The standard InChI is InChI=1S/C15H16N2O2/c1-19-11-14(18)17-15(12-5-3-2-4-6-12)13-7-9-16-10-8-13/h2-10,15H,11H2,1H3,(H,17,18). The normalized spacial score (nSPS) is 11.8. The van der Waals surface area contributed by atoms with E-state index in [1.807, 2.05) is 42.5 Å². The fourth-order valence-electron chi connectivity index (χ4n) is 1.89. The molecule has 0 radical (unpaired) electrons. The molecule has 98 valence electrons. The van der Waals surface area contributed by atoms with Crippen molar-refractivity contribution in [2.45, 2.75) is 6.04 Å². The molecular weight excluding hydrogens is 240 g/mol. The number of ether oxygens (including phenoxy) is 1. The Morgan fingerprint density at radius 1 is 1.16 bits per heavy atom. The molecule has 0 bridgehead atoms. The molecule has 1 heterocycles. The maximum Gasteiger partial charge on any atom is 0.246 e. The zero-order chi connectivity index (χ0) is 13.5. The van der Waals surface area contributed by atoms with Crippen molar-refractivity contribution < 1.29 is 9.53 Å². The molecule has 0 saturated heterocycles. The lowest BCUT2D eigenvalue weighted by Gasteiger charge is -2.19. The molecule has 1 unspecified atom stereocenters. The van der Waals surface area contributed by atoms with Gasteiger partial charge in [0.05, 0.1) is 6.04 Å². The molecule has 1 amide bonds. The molecular formula is C15H16N2O2. The lowest BCUT2D eigenvalue weighted by molar-refractivity contribution is -0.125. The first-order valence-electron chi connectivity index (χ1n) is 6.04. The van der Waals surface area contributed by atoms with Gasteiger partial charge in [-0.2, -0.15) is 0 Å². The number of hydrogen-bond acceptors (Lipinski definition) is 3. The van der Waals surface area contributed by atoms with Gasteiger partial charge in [-0.05, 0) is 23.3 Å². The predicted octanol–water partition coefficient (Wildman–Crippen LogP) is 1.93. The summed E-state index contributed by atoms with van der Waals surface area (Å²) in [6, 6.07) is 13.4. The van der Waals surface area contributed by atoms with Crippen LogP contribution in [0.1, 0.15) is 17.2 Å². The van der Waals surface area contributed by atoms with E-state index in [4.69, 9.17) is 4.74 Å². The Hall–Kier alpha value is -2.20. The van der Waals surface area contributed by atoms with E-state index in [1.54, 1.807) is 12.4 Å². The Morgan fingerprint density at radius 3 is 2.42 bits per heavy atom. The number of nitrogens with zero attached hydrogens (tertiary/aromatic N) is 1. The van der Waals surface area contributed by atoms with Gasteiger partial charge in [0.15, 0.2) is 0 Å². The van der Waals surface area contributed by atoms with Crippen LogP contribution in [-0.2, 0) is 9.53 Å². The highest BCUT2D eigenvalue weighted by Gasteiger charge is 2.16. The van der Waals surface area contributed by atoms with Crippen molar-refractivity contribution in [3.8, 4) is 0 Å². The van der Waals surface area contributed by atoms with Crippen LogP contribution >= 0.6 is 0 Å². The Morgan fingerprint density at radius 2 is 1.79 bits per heavy atom. The van der Waals surface area contributed by atoms with Crippen LogP contribution in [0.2, 0.25) is 0 Å². The number of aromatic nitrogens is 1. The predicted molar refractivity (Wildman–Crippen MR) is 72.5 cm³/mol. The molecule has 1 atom stereocenters. The number of benzene rings is 1. The van der Waals surface area contributed by atoms with Crippen LogP contribution in [-0.4, -0.2) is 24.6 Å². The van der Waals surface area contributed by atoms with E-state index >= 15 is 0 Å². The Balaban J connectivity index is 2.26. The van der Waals surface area contributed by atoms with Crippen molar-refractivity contribution in [2.24, 2.45) is 0 Å². The van der Waals surface area contributed by atoms with Crippen molar-refractivity contribution >= 4 is 5.91 Å². The van der Waals surface area contributed by atoms with Gasteiger partial charge in [0.2, 0.25) is 5.91 Å². The molecule has 4 nitrogen and oxygen atoms in total. The summed E-state index contributed by atoms with van der Waals surface area (Å²) < 4.78 is 4.85. The van der Waals surface area contributed by atoms with Gasteiger partial charge in [0.25, 0.3) is 0 Å². The molecule has 1 aromatic carbocycles. The Labute approximate surface area is 112 Å². The molecule has 1 N–H and O–H groups in total. The molecule has 0 aliphatic carbocycles. The van der Waals surface area contributed by atoms with E-state index in [-0.39, 0.29) is 18.6 Å². The molecule has 0 aliphatic rings. The highest BCUT2D eigenvalue weighted by molar-refractivity contribution is 5.78. The van der Waals surface area contributed by atoms with Crippen LogP contribution in [0.15, 0.2) is 54.9 Å². The van der Waals surface area contributed by atoms with E-state index in [1.165, 1.54) is 7.11 Å². The summed E-state index contributed by atoms with van der Waals surface area (Å²) >= 11 is 0. The van der Waals surface area contributed by atoms with E-state index in [9.17, 15) is 4.79 Å². The third-order valence-electron chi connectivity index (χ3n) is 2.75. The van der Waals surface area contributed by atoms with E-state index in [0.717, 1.165) is 11.1 Å². The zero-order valence-corrected chi connectivity index (χ0v) is 10.7.